The minimum absolute atomic E-state index is 0. The number of hydrogen-bond donors (Lipinski definition) is 1. The summed E-state index contributed by atoms with van der Waals surface area (Å²) in [6.45, 7) is 7.42. The number of aliphatic imine (C=N–C) groups is 1. The monoisotopic (exact) mass is 475 g/mol. The molecular formula is C15H30IN3O4S. The van der Waals surface area contributed by atoms with Crippen molar-refractivity contribution in [2.45, 2.75) is 32.4 Å². The molecule has 9 heteroatoms. The van der Waals surface area contributed by atoms with E-state index in [-0.39, 0.29) is 47.8 Å². The molecule has 2 rings (SSSR count). The van der Waals surface area contributed by atoms with Gasteiger partial charge in [-0.05, 0) is 26.2 Å². The summed E-state index contributed by atoms with van der Waals surface area (Å²) in [5.41, 5.74) is 0. The highest BCUT2D eigenvalue weighted by Gasteiger charge is 2.28. The fraction of sp³-hybridized carbons (Fsp3) is 0.933. The minimum Gasteiger partial charge on any atom is -0.382 e. The van der Waals surface area contributed by atoms with Crippen LogP contribution < -0.4 is 5.32 Å². The van der Waals surface area contributed by atoms with Crippen molar-refractivity contribution in [3.63, 3.8) is 0 Å². The summed E-state index contributed by atoms with van der Waals surface area (Å²) in [4.78, 5) is 6.88. The third kappa shape index (κ3) is 7.01. The van der Waals surface area contributed by atoms with Crippen LogP contribution in [-0.4, -0.2) is 82.9 Å². The third-order valence-corrected chi connectivity index (χ3v) is 5.87. The van der Waals surface area contributed by atoms with Gasteiger partial charge in [-0.25, -0.2) is 8.42 Å². The first-order valence-electron chi connectivity index (χ1n) is 8.26. The first-order chi connectivity index (χ1) is 10.9. The van der Waals surface area contributed by atoms with Gasteiger partial charge < -0.3 is 19.7 Å². The fourth-order valence-electron chi connectivity index (χ4n) is 2.93. The van der Waals surface area contributed by atoms with Gasteiger partial charge in [-0.15, -0.1) is 24.0 Å². The van der Waals surface area contributed by atoms with Gasteiger partial charge >= 0.3 is 0 Å². The zero-order valence-electron chi connectivity index (χ0n) is 14.7. The van der Waals surface area contributed by atoms with E-state index in [1.807, 2.05) is 0 Å². The molecule has 7 nitrogen and oxygen atoms in total. The first kappa shape index (κ1) is 21.9. The predicted molar refractivity (Wildman–Crippen MR) is 106 cm³/mol. The molecule has 2 atom stereocenters. The smallest absolute Gasteiger partial charge is 0.194 e. The van der Waals surface area contributed by atoms with Gasteiger partial charge in [0.2, 0.25) is 0 Å². The summed E-state index contributed by atoms with van der Waals surface area (Å²) in [6, 6.07) is 0.268. The number of ether oxygens (including phenoxy) is 2. The molecule has 0 aromatic heterocycles. The van der Waals surface area contributed by atoms with E-state index in [4.69, 9.17) is 14.5 Å². The molecule has 2 saturated heterocycles. The Kier molecular flexibility index (Phi) is 9.24. The molecule has 142 valence electrons. The van der Waals surface area contributed by atoms with Crippen molar-refractivity contribution >= 4 is 39.8 Å². The van der Waals surface area contributed by atoms with Gasteiger partial charge in [0.05, 0.1) is 30.8 Å². The number of hydrogen-bond acceptors (Lipinski definition) is 5. The van der Waals surface area contributed by atoms with Crippen molar-refractivity contribution in [2.24, 2.45) is 10.9 Å². The van der Waals surface area contributed by atoms with Crippen molar-refractivity contribution in [1.82, 2.24) is 10.2 Å². The van der Waals surface area contributed by atoms with Gasteiger partial charge in [-0.3, -0.25) is 4.99 Å². The average Bonchev–Trinajstić information content (AvgIpc) is 2.83. The molecule has 0 saturated carbocycles. The average molecular weight is 475 g/mol. The van der Waals surface area contributed by atoms with E-state index in [9.17, 15) is 8.42 Å². The molecule has 2 aliphatic heterocycles. The summed E-state index contributed by atoms with van der Waals surface area (Å²) in [6.07, 6.45) is 0.760. The van der Waals surface area contributed by atoms with E-state index in [1.165, 1.54) is 0 Å². The molecule has 24 heavy (non-hydrogen) atoms. The molecule has 0 aliphatic carbocycles. The van der Waals surface area contributed by atoms with Gasteiger partial charge in [-0.1, -0.05) is 0 Å². The quantitative estimate of drug-likeness (QED) is 0.359. The van der Waals surface area contributed by atoms with Gasteiger partial charge in [0.25, 0.3) is 0 Å². The van der Waals surface area contributed by atoms with Gasteiger partial charge in [0, 0.05) is 32.8 Å². The maximum Gasteiger partial charge on any atom is 0.194 e. The molecular weight excluding hydrogens is 445 g/mol. The molecule has 2 unspecified atom stereocenters. The zero-order chi connectivity index (χ0) is 16.9. The maximum atomic E-state index is 11.6. The topological polar surface area (TPSA) is 80.2 Å². The van der Waals surface area contributed by atoms with Gasteiger partial charge in [-0.2, -0.15) is 0 Å². The molecule has 0 radical (unpaired) electrons. The van der Waals surface area contributed by atoms with E-state index in [0.717, 1.165) is 25.5 Å². The highest BCUT2D eigenvalue weighted by molar-refractivity contribution is 14.0. The van der Waals surface area contributed by atoms with Crippen LogP contribution in [0, 0.1) is 5.92 Å². The lowest BCUT2D eigenvalue weighted by Crippen LogP contribution is -2.53. The van der Waals surface area contributed by atoms with E-state index < -0.39 is 9.84 Å². The zero-order valence-corrected chi connectivity index (χ0v) is 17.9. The van der Waals surface area contributed by atoms with Crippen molar-refractivity contribution in [3.05, 3.63) is 0 Å². The Labute approximate surface area is 162 Å². The fourth-order valence-corrected chi connectivity index (χ4v) is 4.77. The molecule has 0 spiro atoms. The summed E-state index contributed by atoms with van der Waals surface area (Å²) in [5, 5.41) is 3.39. The van der Waals surface area contributed by atoms with Crippen LogP contribution in [0.1, 0.15) is 20.3 Å². The van der Waals surface area contributed by atoms with Crippen LogP contribution >= 0.6 is 24.0 Å². The van der Waals surface area contributed by atoms with Crippen LogP contribution in [0.4, 0.5) is 0 Å². The Balaban J connectivity index is 0.00000288. The van der Waals surface area contributed by atoms with E-state index >= 15 is 0 Å². The van der Waals surface area contributed by atoms with Crippen LogP contribution in [-0.2, 0) is 19.3 Å². The molecule has 2 aliphatic rings. The molecule has 1 N–H and O–H groups in total. The summed E-state index contributed by atoms with van der Waals surface area (Å²) < 4.78 is 34.0. The van der Waals surface area contributed by atoms with Gasteiger partial charge in [0.1, 0.15) is 0 Å². The lowest BCUT2D eigenvalue weighted by Gasteiger charge is -2.35. The van der Waals surface area contributed by atoms with Crippen molar-refractivity contribution in [2.75, 3.05) is 51.5 Å². The number of methoxy groups -OCH3 is 1. The van der Waals surface area contributed by atoms with E-state index in [0.29, 0.717) is 25.5 Å². The largest absolute Gasteiger partial charge is 0.382 e. The third-order valence-electron chi connectivity index (χ3n) is 4.03. The molecule has 2 heterocycles. The number of nitrogens with one attached hydrogen (secondary N) is 1. The van der Waals surface area contributed by atoms with Gasteiger partial charge in [0.15, 0.2) is 15.8 Å². The number of halogens is 1. The Morgan fingerprint density at radius 2 is 2.21 bits per heavy atom. The molecule has 0 amide bonds. The number of rotatable bonds is 5. The SMILES string of the molecule is COCC1CN(C(=NCC2CCS(=O)(=O)C2)NC(C)C)CCO1.I. The van der Waals surface area contributed by atoms with E-state index in [1.54, 1.807) is 7.11 Å². The van der Waals surface area contributed by atoms with Crippen LogP contribution in [0.2, 0.25) is 0 Å². The van der Waals surface area contributed by atoms with Crippen LogP contribution in [0.5, 0.6) is 0 Å². The predicted octanol–water partition coefficient (Wildman–Crippen LogP) is 0.740. The summed E-state index contributed by atoms with van der Waals surface area (Å²) in [7, 11) is -1.18. The summed E-state index contributed by atoms with van der Waals surface area (Å²) in [5.74, 6) is 1.54. The van der Waals surface area contributed by atoms with Crippen molar-refractivity contribution < 1.29 is 17.9 Å². The van der Waals surface area contributed by atoms with Crippen LogP contribution in [0.25, 0.3) is 0 Å². The number of sulfone groups is 1. The minimum atomic E-state index is -2.85. The molecule has 0 bridgehead atoms. The molecule has 0 aromatic carbocycles. The normalized spacial score (nSPS) is 27.2. The lowest BCUT2D eigenvalue weighted by molar-refractivity contribution is -0.0448. The van der Waals surface area contributed by atoms with Crippen LogP contribution in [0.3, 0.4) is 0 Å². The second-order valence-electron chi connectivity index (χ2n) is 6.63. The Bertz CT molecular complexity index is 511. The van der Waals surface area contributed by atoms with E-state index in [2.05, 4.69) is 24.1 Å². The number of nitrogens with zero attached hydrogens (tertiary/aromatic N) is 2. The second kappa shape index (κ2) is 10.1. The van der Waals surface area contributed by atoms with Crippen LogP contribution in [0.15, 0.2) is 4.99 Å². The Morgan fingerprint density at radius 1 is 1.46 bits per heavy atom. The highest BCUT2D eigenvalue weighted by Crippen LogP contribution is 2.18. The number of morpholine rings is 1. The molecule has 2 fully saturated rings. The Morgan fingerprint density at radius 3 is 2.79 bits per heavy atom. The van der Waals surface area contributed by atoms with Crippen molar-refractivity contribution in [1.29, 1.82) is 0 Å². The highest BCUT2D eigenvalue weighted by atomic mass is 127. The first-order valence-corrected chi connectivity index (χ1v) is 10.1. The number of guanidine groups is 1. The summed E-state index contributed by atoms with van der Waals surface area (Å²) >= 11 is 0. The maximum absolute atomic E-state index is 11.6. The molecule has 0 aromatic rings. The van der Waals surface area contributed by atoms with Crippen molar-refractivity contribution in [3.8, 4) is 0 Å². The lowest BCUT2D eigenvalue weighted by atomic mass is 10.1. The second-order valence-corrected chi connectivity index (χ2v) is 8.86. The Hall–Kier alpha value is -0.130. The standard InChI is InChI=1S/C15H29N3O4S.HI/c1-12(2)17-15(16-8-13-4-7-23(19,20)11-13)18-5-6-22-14(9-18)10-21-3;/h12-14H,4-11H2,1-3H3,(H,16,17);1H.